The molecular weight excluding hydrogens is 216 g/mol. The molecule has 0 saturated carbocycles. The number of aliphatic hydroxyl groups is 1. The Labute approximate surface area is 89.1 Å². The zero-order valence-corrected chi connectivity index (χ0v) is 9.16. The molecule has 15 heavy (non-hydrogen) atoms. The van der Waals surface area contributed by atoms with Crippen molar-refractivity contribution >= 4 is 10.2 Å². The van der Waals surface area contributed by atoms with Gasteiger partial charge in [-0.15, -0.1) is 0 Å². The van der Waals surface area contributed by atoms with Crippen LogP contribution in [0.5, 0.6) is 0 Å². The summed E-state index contributed by atoms with van der Waals surface area (Å²) in [6.45, 7) is 1.72. The van der Waals surface area contributed by atoms with Crippen LogP contribution in [0.25, 0.3) is 0 Å². The third-order valence-corrected chi connectivity index (χ3v) is 2.59. The van der Waals surface area contributed by atoms with Crippen LogP contribution in [0, 0.1) is 6.92 Å². The summed E-state index contributed by atoms with van der Waals surface area (Å²) in [6, 6.07) is 7.21. The molecule has 1 aromatic carbocycles. The molecule has 1 rings (SSSR count). The van der Waals surface area contributed by atoms with E-state index in [-0.39, 0.29) is 6.54 Å². The van der Waals surface area contributed by atoms with E-state index in [1.165, 1.54) is 0 Å². The molecule has 0 saturated heterocycles. The van der Waals surface area contributed by atoms with Crippen LogP contribution in [0.4, 0.5) is 0 Å². The van der Waals surface area contributed by atoms with E-state index >= 15 is 0 Å². The summed E-state index contributed by atoms with van der Waals surface area (Å²) in [7, 11) is -3.75. The van der Waals surface area contributed by atoms with Gasteiger partial charge in [-0.05, 0) is 18.1 Å². The molecule has 84 valence electrons. The van der Waals surface area contributed by atoms with Gasteiger partial charge in [-0.2, -0.15) is 13.1 Å². The summed E-state index contributed by atoms with van der Waals surface area (Å²) in [5.74, 6) is 0. The number of hydrogen-bond donors (Lipinski definition) is 3. The molecule has 5 nitrogen and oxygen atoms in total. The van der Waals surface area contributed by atoms with E-state index in [9.17, 15) is 13.5 Å². The lowest BCUT2D eigenvalue weighted by molar-refractivity contribution is 0.181. The number of nitrogens with one attached hydrogen (secondary N) is 1. The molecule has 4 N–H and O–H groups in total. The highest BCUT2D eigenvalue weighted by molar-refractivity contribution is 7.87. The van der Waals surface area contributed by atoms with Crippen molar-refractivity contribution in [3.8, 4) is 0 Å². The summed E-state index contributed by atoms with van der Waals surface area (Å²) in [5, 5.41) is 14.4. The number of nitrogens with two attached hydrogens (primary N) is 1. The molecule has 6 heteroatoms. The van der Waals surface area contributed by atoms with Crippen molar-refractivity contribution < 1.29 is 13.5 Å². The summed E-state index contributed by atoms with van der Waals surface area (Å²) in [5.41, 5.74) is 1.59. The second-order valence-electron chi connectivity index (χ2n) is 3.27. The highest BCUT2D eigenvalue weighted by atomic mass is 32.2. The third-order valence-electron chi connectivity index (χ3n) is 2.03. The number of rotatable bonds is 4. The van der Waals surface area contributed by atoms with Gasteiger partial charge in [-0.3, -0.25) is 0 Å². The monoisotopic (exact) mass is 230 g/mol. The standard InChI is InChI=1S/C9H14N2O3S/c1-7-4-2-3-5-8(7)9(12)6-11-15(10,13)14/h2-5,9,11-12H,6H2,1H3,(H2,10,13,14)/t9-/m1/s1. The molecule has 0 radical (unpaired) electrons. The van der Waals surface area contributed by atoms with Crippen molar-refractivity contribution in [2.24, 2.45) is 5.14 Å². The van der Waals surface area contributed by atoms with Gasteiger partial charge in [-0.1, -0.05) is 24.3 Å². The molecule has 0 amide bonds. The summed E-state index contributed by atoms with van der Waals surface area (Å²) >= 11 is 0. The fourth-order valence-electron chi connectivity index (χ4n) is 1.27. The SMILES string of the molecule is Cc1ccccc1[C@H](O)CNS(N)(=O)=O. The van der Waals surface area contributed by atoms with Gasteiger partial charge in [0.1, 0.15) is 0 Å². The quantitative estimate of drug-likeness (QED) is 0.670. The van der Waals surface area contributed by atoms with E-state index in [0.29, 0.717) is 5.56 Å². The van der Waals surface area contributed by atoms with Crippen LogP contribution in [0.1, 0.15) is 17.2 Å². The van der Waals surface area contributed by atoms with Gasteiger partial charge in [0, 0.05) is 6.54 Å². The van der Waals surface area contributed by atoms with Crippen LogP contribution in [0.3, 0.4) is 0 Å². The maximum Gasteiger partial charge on any atom is 0.274 e. The van der Waals surface area contributed by atoms with E-state index < -0.39 is 16.3 Å². The Morgan fingerprint density at radius 1 is 1.47 bits per heavy atom. The van der Waals surface area contributed by atoms with Crippen molar-refractivity contribution in [2.45, 2.75) is 13.0 Å². The Kier molecular flexibility index (Phi) is 3.81. The van der Waals surface area contributed by atoms with Crippen LogP contribution in [-0.4, -0.2) is 20.1 Å². The number of hydrogen-bond acceptors (Lipinski definition) is 3. The summed E-state index contributed by atoms with van der Waals surface area (Å²) in [4.78, 5) is 0. The van der Waals surface area contributed by atoms with Crippen molar-refractivity contribution in [1.29, 1.82) is 0 Å². The molecule has 0 aliphatic rings. The van der Waals surface area contributed by atoms with E-state index in [0.717, 1.165) is 5.56 Å². The highest BCUT2D eigenvalue weighted by Gasteiger charge is 2.11. The normalized spacial score (nSPS) is 13.8. The van der Waals surface area contributed by atoms with Crippen molar-refractivity contribution in [3.63, 3.8) is 0 Å². The Morgan fingerprint density at radius 3 is 2.60 bits per heavy atom. The smallest absolute Gasteiger partial charge is 0.274 e. The molecule has 0 unspecified atom stereocenters. The van der Waals surface area contributed by atoms with Crippen LogP contribution in [0.2, 0.25) is 0 Å². The fraction of sp³-hybridized carbons (Fsp3) is 0.333. The number of benzene rings is 1. The highest BCUT2D eigenvalue weighted by Crippen LogP contribution is 2.16. The maximum absolute atomic E-state index is 10.6. The first-order valence-electron chi connectivity index (χ1n) is 4.41. The lowest BCUT2D eigenvalue weighted by atomic mass is 10.0. The molecule has 0 aromatic heterocycles. The molecule has 1 atom stereocenters. The second kappa shape index (κ2) is 4.71. The molecule has 0 spiro atoms. The van der Waals surface area contributed by atoms with Gasteiger partial charge in [0.05, 0.1) is 6.10 Å². The van der Waals surface area contributed by atoms with Crippen molar-refractivity contribution in [3.05, 3.63) is 35.4 Å². The predicted molar refractivity (Wildman–Crippen MR) is 57.2 cm³/mol. The fourth-order valence-corrected chi connectivity index (χ4v) is 1.66. The van der Waals surface area contributed by atoms with Crippen molar-refractivity contribution in [1.82, 2.24) is 4.72 Å². The topological polar surface area (TPSA) is 92.4 Å². The maximum atomic E-state index is 10.6. The first-order chi connectivity index (χ1) is 6.90. The van der Waals surface area contributed by atoms with Gasteiger partial charge >= 0.3 is 0 Å². The van der Waals surface area contributed by atoms with Crippen molar-refractivity contribution in [2.75, 3.05) is 6.54 Å². The van der Waals surface area contributed by atoms with Gasteiger partial charge < -0.3 is 5.11 Å². The Bertz CT molecular complexity index is 431. The minimum atomic E-state index is -3.75. The molecule has 0 aliphatic carbocycles. The molecule has 1 aromatic rings. The van der Waals surface area contributed by atoms with Gasteiger partial charge in [0.2, 0.25) is 0 Å². The minimum absolute atomic E-state index is 0.121. The third kappa shape index (κ3) is 3.96. The van der Waals surface area contributed by atoms with E-state index in [1.807, 2.05) is 23.8 Å². The van der Waals surface area contributed by atoms with E-state index in [1.54, 1.807) is 12.1 Å². The lowest BCUT2D eigenvalue weighted by Gasteiger charge is -2.13. The van der Waals surface area contributed by atoms with Gasteiger partial charge in [0.15, 0.2) is 0 Å². The van der Waals surface area contributed by atoms with Crippen LogP contribution in [0.15, 0.2) is 24.3 Å². The van der Waals surface area contributed by atoms with Gasteiger partial charge in [0.25, 0.3) is 10.2 Å². The lowest BCUT2D eigenvalue weighted by Crippen LogP contribution is -2.34. The first-order valence-corrected chi connectivity index (χ1v) is 5.96. The van der Waals surface area contributed by atoms with E-state index in [2.05, 4.69) is 0 Å². The van der Waals surface area contributed by atoms with Crippen LogP contribution >= 0.6 is 0 Å². The molecule has 0 fully saturated rings. The summed E-state index contributed by atoms with van der Waals surface area (Å²) < 4.78 is 23.3. The zero-order valence-electron chi connectivity index (χ0n) is 8.34. The number of aliphatic hydroxyl groups excluding tert-OH is 1. The molecule has 0 aliphatic heterocycles. The van der Waals surface area contributed by atoms with Crippen LogP contribution < -0.4 is 9.86 Å². The molecule has 0 heterocycles. The average Bonchev–Trinajstić information content (AvgIpc) is 2.14. The molecule has 0 bridgehead atoms. The Balaban J connectivity index is 2.70. The number of aryl methyl sites for hydroxylation is 1. The first kappa shape index (κ1) is 12.1. The summed E-state index contributed by atoms with van der Waals surface area (Å²) in [6.07, 6.45) is -0.885. The molecular formula is C9H14N2O3S. The zero-order chi connectivity index (χ0) is 11.5. The van der Waals surface area contributed by atoms with E-state index in [4.69, 9.17) is 5.14 Å². The minimum Gasteiger partial charge on any atom is -0.387 e. The Hall–Kier alpha value is -0.950. The Morgan fingerprint density at radius 2 is 2.07 bits per heavy atom. The second-order valence-corrected chi connectivity index (χ2v) is 4.64. The predicted octanol–water partition coefficient (Wildman–Crippen LogP) is -0.178. The average molecular weight is 230 g/mol. The van der Waals surface area contributed by atoms with Crippen LogP contribution in [-0.2, 0) is 10.2 Å². The largest absolute Gasteiger partial charge is 0.387 e. The van der Waals surface area contributed by atoms with Gasteiger partial charge in [-0.25, -0.2) is 5.14 Å².